The van der Waals surface area contributed by atoms with E-state index in [4.69, 9.17) is 0 Å². The monoisotopic (exact) mass is 385 g/mol. The molecule has 2 heterocycles. The molecule has 1 saturated heterocycles. The predicted octanol–water partition coefficient (Wildman–Crippen LogP) is 2.30. The third-order valence-electron chi connectivity index (χ3n) is 6.35. The molecule has 5 heteroatoms. The summed E-state index contributed by atoms with van der Waals surface area (Å²) in [5.74, 6) is 1.44. The molecule has 0 saturated carbocycles. The molecule has 29 heavy (non-hydrogen) atoms. The lowest BCUT2D eigenvalue weighted by molar-refractivity contribution is 0.204. The van der Waals surface area contributed by atoms with Gasteiger partial charge in [-0.2, -0.15) is 5.21 Å². The maximum atomic E-state index is 4.05. The summed E-state index contributed by atoms with van der Waals surface area (Å²) < 4.78 is 0. The first kappa shape index (κ1) is 18.3. The van der Waals surface area contributed by atoms with Gasteiger partial charge in [0.2, 0.25) is 0 Å². The second-order valence-corrected chi connectivity index (χ2v) is 8.12. The van der Waals surface area contributed by atoms with E-state index in [2.05, 4.69) is 80.2 Å². The van der Waals surface area contributed by atoms with Gasteiger partial charge in [0.25, 0.3) is 0 Å². The average molecular weight is 386 g/mol. The van der Waals surface area contributed by atoms with Gasteiger partial charge in [0.15, 0.2) is 5.82 Å². The second kappa shape index (κ2) is 8.29. The Bertz CT molecular complexity index is 1070. The molecule has 5 nitrogen and oxygen atoms in total. The lowest BCUT2D eigenvalue weighted by atomic mass is 9.79. The molecule has 2 aliphatic carbocycles. The fourth-order valence-electron chi connectivity index (χ4n) is 4.85. The number of allylic oxidation sites excluding steroid dienone is 6. The first-order valence-corrected chi connectivity index (χ1v) is 10.7. The van der Waals surface area contributed by atoms with Crippen LogP contribution in [0.1, 0.15) is 31.5 Å². The van der Waals surface area contributed by atoms with Crippen LogP contribution >= 0.6 is 0 Å². The lowest BCUT2D eigenvalue weighted by Gasteiger charge is -2.34. The number of aryl methyl sites for hydroxylation is 1. The number of nitrogens with one attached hydrogen (secondary N) is 1. The summed E-state index contributed by atoms with van der Waals surface area (Å²) in [4.78, 5) is 2.60. The maximum absolute atomic E-state index is 4.05. The quantitative estimate of drug-likeness (QED) is 0.858. The Morgan fingerprint density at radius 2 is 1.97 bits per heavy atom. The molecular weight excluding hydrogens is 358 g/mol. The number of tetrazole rings is 1. The number of hydrogen-bond acceptors (Lipinski definition) is 4. The average Bonchev–Trinajstić information content (AvgIpc) is 3.22. The van der Waals surface area contributed by atoms with Crippen LogP contribution in [0.25, 0.3) is 11.6 Å². The SMILES string of the molecule is C1=CCC2=CC=c3ccccc3=C(C3CCN(CCCc4nn[nH]n4)CC3)C2=C1. The van der Waals surface area contributed by atoms with E-state index < -0.39 is 0 Å². The van der Waals surface area contributed by atoms with Gasteiger partial charge in [0.1, 0.15) is 0 Å². The van der Waals surface area contributed by atoms with Gasteiger partial charge in [-0.3, -0.25) is 0 Å². The van der Waals surface area contributed by atoms with Crippen LogP contribution in [0.5, 0.6) is 0 Å². The minimum absolute atomic E-state index is 0.622. The molecular formula is C24H27N5. The van der Waals surface area contributed by atoms with Crippen LogP contribution in [-0.2, 0) is 6.42 Å². The van der Waals surface area contributed by atoms with Crippen molar-refractivity contribution in [2.24, 2.45) is 5.92 Å². The summed E-state index contributed by atoms with van der Waals surface area (Å²) in [6.45, 7) is 3.43. The summed E-state index contributed by atoms with van der Waals surface area (Å²) in [7, 11) is 0. The van der Waals surface area contributed by atoms with E-state index in [1.165, 1.54) is 34.4 Å². The van der Waals surface area contributed by atoms with Gasteiger partial charge in [-0.1, -0.05) is 59.9 Å². The van der Waals surface area contributed by atoms with Crippen molar-refractivity contribution >= 4 is 11.6 Å². The Hall–Kier alpha value is -2.79. The van der Waals surface area contributed by atoms with Crippen molar-refractivity contribution in [1.29, 1.82) is 0 Å². The van der Waals surface area contributed by atoms with E-state index in [9.17, 15) is 0 Å². The molecule has 1 aliphatic heterocycles. The summed E-state index contributed by atoms with van der Waals surface area (Å²) in [5.41, 5.74) is 4.49. The summed E-state index contributed by atoms with van der Waals surface area (Å²) in [5, 5.41) is 17.1. The van der Waals surface area contributed by atoms with Crippen LogP contribution in [0.4, 0.5) is 0 Å². The van der Waals surface area contributed by atoms with Crippen LogP contribution in [0, 0.1) is 5.92 Å². The van der Waals surface area contributed by atoms with Gasteiger partial charge in [0, 0.05) is 6.42 Å². The fraction of sp³-hybridized carbons (Fsp3) is 0.375. The molecule has 0 atom stereocenters. The van der Waals surface area contributed by atoms with Gasteiger partial charge in [-0.25, -0.2) is 0 Å². The van der Waals surface area contributed by atoms with E-state index in [1.54, 1.807) is 5.57 Å². The smallest absolute Gasteiger partial charge is 0.174 e. The van der Waals surface area contributed by atoms with Crippen molar-refractivity contribution in [3.8, 4) is 0 Å². The van der Waals surface area contributed by atoms with E-state index in [0.29, 0.717) is 5.92 Å². The lowest BCUT2D eigenvalue weighted by Crippen LogP contribution is -2.37. The van der Waals surface area contributed by atoms with E-state index in [1.807, 2.05) is 0 Å². The predicted molar refractivity (Wildman–Crippen MR) is 115 cm³/mol. The zero-order valence-corrected chi connectivity index (χ0v) is 16.7. The van der Waals surface area contributed by atoms with E-state index >= 15 is 0 Å². The Labute approximate surface area is 171 Å². The molecule has 148 valence electrons. The number of benzene rings is 1. The molecule has 0 spiro atoms. The maximum Gasteiger partial charge on any atom is 0.174 e. The Morgan fingerprint density at radius 3 is 2.83 bits per heavy atom. The van der Waals surface area contributed by atoms with Gasteiger partial charge in [-0.05, 0) is 78.4 Å². The van der Waals surface area contributed by atoms with Crippen molar-refractivity contribution in [2.75, 3.05) is 19.6 Å². The van der Waals surface area contributed by atoms with Crippen molar-refractivity contribution in [3.63, 3.8) is 0 Å². The third-order valence-corrected chi connectivity index (χ3v) is 6.35. The Morgan fingerprint density at radius 1 is 1.07 bits per heavy atom. The van der Waals surface area contributed by atoms with Crippen molar-refractivity contribution in [1.82, 2.24) is 25.5 Å². The number of H-pyrrole nitrogens is 1. The van der Waals surface area contributed by atoms with E-state index in [-0.39, 0.29) is 0 Å². The third kappa shape index (κ3) is 3.87. The zero-order chi connectivity index (χ0) is 19.5. The highest BCUT2D eigenvalue weighted by atomic mass is 15.5. The number of hydrogen-bond donors (Lipinski definition) is 1. The minimum Gasteiger partial charge on any atom is -0.303 e. The molecule has 1 N–H and O–H groups in total. The number of fused-ring (bicyclic) bond motifs is 2. The summed E-state index contributed by atoms with van der Waals surface area (Å²) >= 11 is 0. The molecule has 0 unspecified atom stereocenters. The van der Waals surface area contributed by atoms with Crippen LogP contribution in [0.2, 0.25) is 0 Å². The molecule has 0 amide bonds. The number of rotatable bonds is 5. The largest absolute Gasteiger partial charge is 0.303 e. The molecule has 3 aliphatic rings. The van der Waals surface area contributed by atoms with Crippen LogP contribution in [-0.4, -0.2) is 45.2 Å². The highest BCUT2D eigenvalue weighted by Gasteiger charge is 2.26. The molecule has 0 radical (unpaired) electrons. The fourth-order valence-corrected chi connectivity index (χ4v) is 4.85. The number of piperidine rings is 1. The van der Waals surface area contributed by atoms with Gasteiger partial charge in [-0.15, -0.1) is 10.2 Å². The van der Waals surface area contributed by atoms with Gasteiger partial charge < -0.3 is 4.90 Å². The first-order chi connectivity index (χ1) is 14.4. The number of likely N-dealkylation sites (tertiary alicyclic amines) is 1. The van der Waals surface area contributed by atoms with Crippen molar-refractivity contribution in [2.45, 2.75) is 32.1 Å². The number of aromatic nitrogens is 4. The first-order valence-electron chi connectivity index (χ1n) is 10.7. The minimum atomic E-state index is 0.622. The zero-order valence-electron chi connectivity index (χ0n) is 16.7. The van der Waals surface area contributed by atoms with Crippen molar-refractivity contribution in [3.05, 3.63) is 76.0 Å². The Kier molecular flexibility index (Phi) is 5.22. The molecule has 1 aromatic carbocycles. The normalized spacial score (nSPS) is 19.7. The standard InChI is InChI=1S/C24H27N5/c1-3-8-21-18(6-1)11-12-19-7-2-4-9-22(19)24(21)20-13-16-29(17-14-20)15-5-10-23-25-27-28-26-23/h1-4,6,8-9,11-12,20H,5,7,10,13-17H2,(H,25,26,27,28). The number of nitrogens with zero attached hydrogens (tertiary/aromatic N) is 4. The highest BCUT2D eigenvalue weighted by Crippen LogP contribution is 2.36. The van der Waals surface area contributed by atoms with Gasteiger partial charge in [0.05, 0.1) is 0 Å². The molecule has 1 aromatic heterocycles. The van der Waals surface area contributed by atoms with E-state index in [0.717, 1.165) is 44.7 Å². The summed E-state index contributed by atoms with van der Waals surface area (Å²) in [6.07, 6.45) is 16.9. The molecule has 2 aromatic rings. The molecule has 1 fully saturated rings. The van der Waals surface area contributed by atoms with Gasteiger partial charge >= 0.3 is 0 Å². The van der Waals surface area contributed by atoms with Crippen LogP contribution in [0.15, 0.2) is 59.7 Å². The molecule has 0 bridgehead atoms. The number of aromatic amines is 1. The topological polar surface area (TPSA) is 57.7 Å². The van der Waals surface area contributed by atoms with Crippen LogP contribution in [0.3, 0.4) is 0 Å². The van der Waals surface area contributed by atoms with Crippen molar-refractivity contribution < 1.29 is 0 Å². The highest BCUT2D eigenvalue weighted by molar-refractivity contribution is 5.77. The Balaban J connectivity index is 1.34. The summed E-state index contributed by atoms with van der Waals surface area (Å²) in [6, 6.07) is 8.91. The molecule has 5 rings (SSSR count). The van der Waals surface area contributed by atoms with Crippen LogP contribution < -0.4 is 10.4 Å². The second-order valence-electron chi connectivity index (χ2n) is 8.12.